The van der Waals surface area contributed by atoms with Gasteiger partial charge in [0.25, 0.3) is 0 Å². The summed E-state index contributed by atoms with van der Waals surface area (Å²) in [6, 6.07) is 11.6. The molecule has 2 nitrogen and oxygen atoms in total. The van der Waals surface area contributed by atoms with Crippen LogP contribution < -0.4 is 9.62 Å². The molecule has 0 fully saturated rings. The Morgan fingerprint density at radius 1 is 0.536 bits per heavy atom. The van der Waals surface area contributed by atoms with Crippen LogP contribution in [0.25, 0.3) is 0 Å². The van der Waals surface area contributed by atoms with Crippen LogP contribution in [-0.4, -0.2) is 37.1 Å². The van der Waals surface area contributed by atoms with Crippen LogP contribution in [0.15, 0.2) is 48.1 Å². The largest absolute Gasteiger partial charge is 0.579 e. The van der Waals surface area contributed by atoms with E-state index >= 15 is 0 Å². The van der Waals surface area contributed by atoms with E-state index in [-0.39, 0.29) is 0 Å². The average Bonchev–Trinajstić information content (AvgIpc) is 2.61. The standard InChI is InChI=1S/C24H40B2N2/c1-19(2)27(20(3)4)25-15-11-23(12-16-25)9-10-24-13-17-26(18-14-24)28(21(5)6)22(7)8/h11-22H,9-10H2,1-8H3/q-2. The Bertz CT molecular complexity index is 627. The lowest BCUT2D eigenvalue weighted by Gasteiger charge is -2.44. The Labute approximate surface area is 174 Å². The minimum atomic E-state index is 0.421. The van der Waals surface area contributed by atoms with E-state index in [4.69, 9.17) is 0 Å². The van der Waals surface area contributed by atoms with Crippen molar-refractivity contribution < 1.29 is 0 Å². The van der Waals surface area contributed by atoms with Crippen molar-refractivity contribution in [3.05, 3.63) is 59.2 Å². The van der Waals surface area contributed by atoms with Crippen LogP contribution in [0.5, 0.6) is 0 Å². The van der Waals surface area contributed by atoms with Gasteiger partial charge in [0.15, 0.2) is 0 Å². The lowest BCUT2D eigenvalue weighted by molar-refractivity contribution is 0.640. The number of rotatable bonds is 9. The molecule has 0 N–H and O–H groups in total. The Kier molecular flexibility index (Phi) is 8.34. The second-order valence-electron chi connectivity index (χ2n) is 9.34. The second kappa shape index (κ2) is 10.3. The minimum Gasteiger partial charge on any atom is -0.579 e. The van der Waals surface area contributed by atoms with E-state index in [1.165, 1.54) is 11.1 Å². The number of nitrogens with zero attached hydrogens (tertiary/aromatic N) is 2. The molecule has 0 atom stereocenters. The van der Waals surface area contributed by atoms with Gasteiger partial charge in [-0.25, -0.2) is 23.8 Å². The van der Waals surface area contributed by atoms with Gasteiger partial charge in [-0.05, 0) is 105 Å². The predicted molar refractivity (Wildman–Crippen MR) is 129 cm³/mol. The van der Waals surface area contributed by atoms with Gasteiger partial charge >= 0.3 is 0 Å². The van der Waals surface area contributed by atoms with Crippen LogP contribution in [0.4, 0.5) is 0 Å². The van der Waals surface area contributed by atoms with Gasteiger partial charge < -0.3 is 9.62 Å². The third-order valence-electron chi connectivity index (χ3n) is 5.81. The molecular weight excluding hydrogens is 338 g/mol. The van der Waals surface area contributed by atoms with Crippen LogP contribution in [0.3, 0.4) is 0 Å². The fourth-order valence-corrected chi connectivity index (χ4v) is 4.72. The summed E-state index contributed by atoms with van der Waals surface area (Å²) >= 11 is 0. The molecule has 154 valence electrons. The third kappa shape index (κ3) is 5.96. The zero-order chi connectivity index (χ0) is 20.8. The molecule has 0 aliphatic carbocycles. The fourth-order valence-electron chi connectivity index (χ4n) is 4.72. The van der Waals surface area contributed by atoms with Crippen LogP contribution in [0.1, 0.15) is 66.5 Å². The molecule has 0 saturated heterocycles. The molecule has 2 aromatic rings. The normalized spacial score (nSPS) is 11.7. The maximum Gasteiger partial charge on any atom is -0.0189 e. The Balaban J connectivity index is 2.00. The molecule has 0 aliphatic rings. The van der Waals surface area contributed by atoms with Crippen molar-refractivity contribution in [3.63, 3.8) is 0 Å². The summed E-state index contributed by atoms with van der Waals surface area (Å²) in [6.45, 7) is 19.1. The highest BCUT2D eigenvalue weighted by atomic mass is 15.1. The second-order valence-corrected chi connectivity index (χ2v) is 9.34. The lowest BCUT2D eigenvalue weighted by Crippen LogP contribution is -2.46. The molecule has 0 amide bonds. The van der Waals surface area contributed by atoms with Crippen molar-refractivity contribution in [1.82, 2.24) is 0 Å². The zero-order valence-electron chi connectivity index (χ0n) is 19.4. The van der Waals surface area contributed by atoms with Gasteiger partial charge in [0.2, 0.25) is 0 Å². The van der Waals surface area contributed by atoms with Gasteiger partial charge in [-0.3, -0.25) is 0 Å². The zero-order valence-corrected chi connectivity index (χ0v) is 19.4. The van der Waals surface area contributed by atoms with Crippen molar-refractivity contribution in [1.29, 1.82) is 0 Å². The van der Waals surface area contributed by atoms with Crippen LogP contribution in [0.2, 0.25) is 0 Å². The summed E-state index contributed by atoms with van der Waals surface area (Å²) in [7, 11) is 0. The highest BCUT2D eigenvalue weighted by Gasteiger charge is 2.06. The molecule has 0 unspecified atom stereocenters. The highest BCUT2D eigenvalue weighted by molar-refractivity contribution is 6.54. The molecule has 0 spiro atoms. The summed E-state index contributed by atoms with van der Waals surface area (Å²) in [4.78, 5) is 5.11. The predicted octanol–water partition coefficient (Wildman–Crippen LogP) is 5.03. The lowest BCUT2D eigenvalue weighted by atomic mass is 9.73. The molecule has 2 rings (SSSR count). The van der Waals surface area contributed by atoms with Crippen molar-refractivity contribution in [3.8, 4) is 0 Å². The first-order valence-corrected chi connectivity index (χ1v) is 11.2. The monoisotopic (exact) mass is 378 g/mol. The van der Waals surface area contributed by atoms with Gasteiger partial charge in [-0.2, -0.15) is 0 Å². The topological polar surface area (TPSA) is 6.48 Å². The maximum atomic E-state index is 2.56. The number of aryl methyl sites for hydroxylation is 2. The highest BCUT2D eigenvalue weighted by Crippen LogP contribution is 2.11. The molecule has 0 saturated carbocycles. The van der Waals surface area contributed by atoms with E-state index in [9.17, 15) is 0 Å². The van der Waals surface area contributed by atoms with Crippen LogP contribution >= 0.6 is 0 Å². The van der Waals surface area contributed by atoms with Gasteiger partial charge in [-0.1, -0.05) is 11.1 Å². The van der Waals surface area contributed by atoms with Crippen LogP contribution in [-0.2, 0) is 12.8 Å². The first kappa shape index (κ1) is 22.7. The fraction of sp³-hybridized carbons (Fsp3) is 0.583. The van der Waals surface area contributed by atoms with E-state index in [1.54, 1.807) is 0 Å². The smallest absolute Gasteiger partial charge is 0.0189 e. The van der Waals surface area contributed by atoms with Crippen molar-refractivity contribution >= 4 is 13.0 Å². The molecular formula is C24H40B2N2-2. The maximum absolute atomic E-state index is 2.56. The Morgan fingerprint density at radius 3 is 1.00 bits per heavy atom. The number of hydrogen-bond donors (Lipinski definition) is 0. The summed E-state index contributed by atoms with van der Waals surface area (Å²) in [5.41, 5.74) is 2.87. The van der Waals surface area contributed by atoms with Crippen molar-refractivity contribution in [2.24, 2.45) is 0 Å². The van der Waals surface area contributed by atoms with E-state index in [1.807, 2.05) is 0 Å². The van der Waals surface area contributed by atoms with Gasteiger partial charge in [0.05, 0.1) is 0 Å². The van der Waals surface area contributed by atoms with E-state index in [0.29, 0.717) is 37.1 Å². The summed E-state index contributed by atoms with van der Waals surface area (Å²) in [5, 5.41) is 0. The first-order chi connectivity index (χ1) is 13.2. The van der Waals surface area contributed by atoms with E-state index in [0.717, 1.165) is 12.8 Å². The van der Waals surface area contributed by atoms with Crippen molar-refractivity contribution in [2.75, 3.05) is 9.62 Å². The average molecular weight is 378 g/mol. The molecule has 4 heteroatoms. The quantitative estimate of drug-likeness (QED) is 0.604. The molecule has 2 aromatic heterocycles. The molecule has 0 radical (unpaired) electrons. The summed E-state index contributed by atoms with van der Waals surface area (Å²) < 4.78 is 0. The van der Waals surface area contributed by atoms with E-state index in [2.05, 4.69) is 113 Å². The Hall–Kier alpha value is -1.57. The molecule has 0 aromatic carbocycles. The summed E-state index contributed by atoms with van der Waals surface area (Å²) in [5.74, 6) is 9.47. The van der Waals surface area contributed by atoms with Gasteiger partial charge in [0, 0.05) is 0 Å². The molecule has 28 heavy (non-hydrogen) atoms. The molecule has 0 aliphatic heterocycles. The molecule has 2 heterocycles. The first-order valence-electron chi connectivity index (χ1n) is 11.2. The summed E-state index contributed by atoms with van der Waals surface area (Å²) in [6.07, 6.45) is 2.21. The van der Waals surface area contributed by atoms with Gasteiger partial charge in [0.1, 0.15) is 0 Å². The Morgan fingerprint density at radius 2 is 0.786 bits per heavy atom. The van der Waals surface area contributed by atoms with Crippen molar-refractivity contribution in [2.45, 2.75) is 92.4 Å². The SMILES string of the molecule is CC(C)N([b-]1ccc(CCc2cc[b-](N(C(C)C)C(C)C)cc2)cc1)C(C)C. The molecule has 0 bridgehead atoms. The van der Waals surface area contributed by atoms with Gasteiger partial charge in [-0.15, -0.1) is 24.3 Å². The number of hydrogen-bond acceptors (Lipinski definition) is 2. The third-order valence-corrected chi connectivity index (χ3v) is 5.81. The van der Waals surface area contributed by atoms with Crippen LogP contribution in [0, 0.1) is 0 Å². The minimum absolute atomic E-state index is 0.421. The van der Waals surface area contributed by atoms with E-state index < -0.39 is 0 Å².